The van der Waals surface area contributed by atoms with E-state index in [1.165, 1.54) is 29.5 Å². The number of carbonyl (C=O) groups excluding carboxylic acids is 1. The Morgan fingerprint density at radius 2 is 1.82 bits per heavy atom. The quantitative estimate of drug-likeness (QED) is 0.564. The molecule has 146 valence electrons. The smallest absolute Gasteiger partial charge is 0.330 e. The summed E-state index contributed by atoms with van der Waals surface area (Å²) in [5.74, 6) is -0.696. The van der Waals surface area contributed by atoms with E-state index in [2.05, 4.69) is 4.72 Å². The van der Waals surface area contributed by atoms with Crippen molar-refractivity contribution in [1.29, 1.82) is 0 Å². The minimum atomic E-state index is -3.90. The molecule has 5 nitrogen and oxygen atoms in total. The van der Waals surface area contributed by atoms with Gasteiger partial charge < -0.3 is 4.74 Å². The van der Waals surface area contributed by atoms with E-state index in [0.29, 0.717) is 10.1 Å². The van der Waals surface area contributed by atoms with Crippen molar-refractivity contribution in [3.8, 4) is 5.06 Å². The second-order valence-electron chi connectivity index (χ2n) is 6.18. The summed E-state index contributed by atoms with van der Waals surface area (Å²) in [5.41, 5.74) is 1.74. The molecule has 0 saturated carbocycles. The van der Waals surface area contributed by atoms with Crippen molar-refractivity contribution in [3.63, 3.8) is 0 Å². The molecule has 28 heavy (non-hydrogen) atoms. The van der Waals surface area contributed by atoms with E-state index in [1.807, 2.05) is 37.3 Å². The summed E-state index contributed by atoms with van der Waals surface area (Å²) in [6, 6.07) is 16.0. The molecule has 0 aliphatic heterocycles. The van der Waals surface area contributed by atoms with Crippen LogP contribution >= 0.6 is 22.9 Å². The van der Waals surface area contributed by atoms with Gasteiger partial charge in [0.1, 0.15) is 6.04 Å². The lowest BCUT2D eigenvalue weighted by atomic mass is 10.1. The maximum atomic E-state index is 12.8. The van der Waals surface area contributed by atoms with Gasteiger partial charge in [-0.1, -0.05) is 59.6 Å². The highest BCUT2D eigenvalue weighted by Crippen LogP contribution is 2.27. The molecule has 0 unspecified atom stereocenters. The van der Waals surface area contributed by atoms with Gasteiger partial charge in [0.2, 0.25) is 10.0 Å². The van der Waals surface area contributed by atoms with E-state index in [1.54, 1.807) is 17.5 Å². The third-order valence-corrected chi connectivity index (χ3v) is 6.58. The van der Waals surface area contributed by atoms with Gasteiger partial charge in [-0.25, -0.2) is 13.2 Å². The Hall–Kier alpha value is -2.19. The molecule has 8 heteroatoms. The Morgan fingerprint density at radius 3 is 2.43 bits per heavy atom. The normalized spacial score (nSPS) is 12.5. The highest BCUT2D eigenvalue weighted by molar-refractivity contribution is 7.89. The summed E-state index contributed by atoms with van der Waals surface area (Å²) < 4.78 is 33.3. The molecule has 0 amide bonds. The van der Waals surface area contributed by atoms with Crippen LogP contribution in [0.5, 0.6) is 5.06 Å². The van der Waals surface area contributed by atoms with E-state index in [-0.39, 0.29) is 11.3 Å². The van der Waals surface area contributed by atoms with Crippen molar-refractivity contribution in [2.75, 3.05) is 0 Å². The van der Waals surface area contributed by atoms with Crippen LogP contribution in [0.2, 0.25) is 5.02 Å². The molecule has 0 aliphatic carbocycles. The Labute approximate surface area is 173 Å². The summed E-state index contributed by atoms with van der Waals surface area (Å²) in [6.45, 7) is 1.87. The SMILES string of the molecule is Cc1ccc(S(=O)(=O)N[C@@H](Cc2ccccc2)C(=O)Oc2cc(Cl)cs2)cc1. The Kier molecular flexibility index (Phi) is 6.51. The first-order valence-electron chi connectivity index (χ1n) is 8.42. The van der Waals surface area contributed by atoms with Crippen molar-refractivity contribution in [2.24, 2.45) is 0 Å². The van der Waals surface area contributed by atoms with E-state index in [4.69, 9.17) is 16.3 Å². The lowest BCUT2D eigenvalue weighted by Crippen LogP contribution is -2.44. The summed E-state index contributed by atoms with van der Waals surface area (Å²) in [7, 11) is -3.90. The zero-order valence-electron chi connectivity index (χ0n) is 15.0. The molecule has 1 atom stereocenters. The number of esters is 1. The summed E-state index contributed by atoms with van der Waals surface area (Å²) in [6.07, 6.45) is 0.157. The number of sulfonamides is 1. The predicted octanol–water partition coefficient (Wildman–Crippen LogP) is 4.21. The summed E-state index contributed by atoms with van der Waals surface area (Å²) in [5, 5.41) is 2.39. The van der Waals surface area contributed by atoms with Gasteiger partial charge in [0.15, 0.2) is 5.06 Å². The molecule has 0 radical (unpaired) electrons. The number of nitrogens with one attached hydrogen (secondary N) is 1. The van der Waals surface area contributed by atoms with Crippen LogP contribution in [0.15, 0.2) is 70.9 Å². The van der Waals surface area contributed by atoms with Crippen LogP contribution in [0.25, 0.3) is 0 Å². The Bertz CT molecular complexity index is 1050. The summed E-state index contributed by atoms with van der Waals surface area (Å²) in [4.78, 5) is 12.8. The third-order valence-electron chi connectivity index (χ3n) is 3.94. The van der Waals surface area contributed by atoms with E-state index < -0.39 is 22.0 Å². The van der Waals surface area contributed by atoms with Gasteiger partial charge in [0, 0.05) is 11.4 Å². The van der Waals surface area contributed by atoms with Gasteiger partial charge in [-0.2, -0.15) is 4.72 Å². The molecular formula is C20H18ClNO4S2. The number of aryl methyl sites for hydroxylation is 1. The first kappa shape index (κ1) is 20.5. The largest absolute Gasteiger partial charge is 0.414 e. The van der Waals surface area contributed by atoms with Crippen LogP contribution in [0.4, 0.5) is 0 Å². The van der Waals surface area contributed by atoms with E-state index in [9.17, 15) is 13.2 Å². The van der Waals surface area contributed by atoms with Crippen molar-refractivity contribution in [1.82, 2.24) is 4.72 Å². The van der Waals surface area contributed by atoms with Crippen LogP contribution in [0.3, 0.4) is 0 Å². The second kappa shape index (κ2) is 8.87. The number of halogens is 1. The molecule has 0 fully saturated rings. The number of carbonyl (C=O) groups is 1. The molecule has 3 aromatic rings. The Balaban J connectivity index is 1.84. The molecule has 0 aliphatic rings. The maximum absolute atomic E-state index is 12.8. The second-order valence-corrected chi connectivity index (χ2v) is 9.21. The van der Waals surface area contributed by atoms with E-state index in [0.717, 1.165) is 11.1 Å². The topological polar surface area (TPSA) is 72.5 Å². The van der Waals surface area contributed by atoms with Crippen LogP contribution in [0, 0.1) is 6.92 Å². The van der Waals surface area contributed by atoms with Crippen molar-refractivity contribution < 1.29 is 17.9 Å². The first-order valence-corrected chi connectivity index (χ1v) is 11.2. The van der Waals surface area contributed by atoms with Gasteiger partial charge in [-0.15, -0.1) is 11.3 Å². The van der Waals surface area contributed by atoms with Crippen LogP contribution in [-0.2, 0) is 21.2 Å². The lowest BCUT2D eigenvalue weighted by Gasteiger charge is -2.17. The number of hydrogen-bond acceptors (Lipinski definition) is 5. The molecule has 3 rings (SSSR count). The standard InChI is InChI=1S/C20H18ClNO4S2/c1-14-7-9-17(10-8-14)28(24,25)22-18(11-15-5-3-2-4-6-15)20(23)26-19-12-16(21)13-27-19/h2-10,12-13,18,22H,11H2,1H3/t18-/m0/s1. The third kappa shape index (κ3) is 5.42. The van der Waals surface area contributed by atoms with Crippen molar-refractivity contribution >= 4 is 38.9 Å². The minimum Gasteiger partial charge on any atom is -0.414 e. The molecule has 0 bridgehead atoms. The molecule has 1 heterocycles. The number of benzene rings is 2. The van der Waals surface area contributed by atoms with Crippen molar-refractivity contribution in [3.05, 3.63) is 82.2 Å². The van der Waals surface area contributed by atoms with E-state index >= 15 is 0 Å². The fourth-order valence-electron chi connectivity index (χ4n) is 2.51. The fraction of sp³-hybridized carbons (Fsp3) is 0.150. The molecule has 0 spiro atoms. The molecule has 1 aromatic heterocycles. The Morgan fingerprint density at radius 1 is 1.14 bits per heavy atom. The number of ether oxygens (including phenoxy) is 1. The number of rotatable bonds is 7. The minimum absolute atomic E-state index is 0.0862. The lowest BCUT2D eigenvalue weighted by molar-refractivity contribution is -0.136. The fourth-order valence-corrected chi connectivity index (χ4v) is 4.62. The predicted molar refractivity (Wildman–Crippen MR) is 110 cm³/mol. The van der Waals surface area contributed by atoms with Gasteiger partial charge in [-0.05, 0) is 31.0 Å². The highest BCUT2D eigenvalue weighted by atomic mass is 35.5. The first-order chi connectivity index (χ1) is 13.3. The zero-order valence-corrected chi connectivity index (χ0v) is 17.4. The van der Waals surface area contributed by atoms with Gasteiger partial charge in [0.05, 0.1) is 9.92 Å². The van der Waals surface area contributed by atoms with Crippen LogP contribution in [0.1, 0.15) is 11.1 Å². The number of thiophene rings is 1. The maximum Gasteiger partial charge on any atom is 0.330 e. The average Bonchev–Trinajstić information content (AvgIpc) is 3.07. The van der Waals surface area contributed by atoms with Crippen LogP contribution < -0.4 is 9.46 Å². The van der Waals surface area contributed by atoms with Crippen LogP contribution in [-0.4, -0.2) is 20.4 Å². The average molecular weight is 436 g/mol. The zero-order chi connectivity index (χ0) is 20.1. The van der Waals surface area contributed by atoms with Gasteiger partial charge >= 0.3 is 5.97 Å². The molecule has 2 aromatic carbocycles. The summed E-state index contributed by atoms with van der Waals surface area (Å²) >= 11 is 7.03. The molecule has 0 saturated heterocycles. The monoisotopic (exact) mass is 435 g/mol. The van der Waals surface area contributed by atoms with Gasteiger partial charge in [0.25, 0.3) is 0 Å². The highest BCUT2D eigenvalue weighted by Gasteiger charge is 2.28. The molecular weight excluding hydrogens is 418 g/mol. The molecule has 1 N–H and O–H groups in total. The van der Waals surface area contributed by atoms with Gasteiger partial charge in [-0.3, -0.25) is 0 Å². The number of hydrogen-bond donors (Lipinski definition) is 1. The van der Waals surface area contributed by atoms with Crippen molar-refractivity contribution in [2.45, 2.75) is 24.3 Å².